The number of urea groups is 1. The number of amides is 2. The minimum Gasteiger partial charge on any atom is -0.339 e. The van der Waals surface area contributed by atoms with Crippen LogP contribution in [0.1, 0.15) is 49.6 Å². The van der Waals surface area contributed by atoms with Crippen molar-refractivity contribution in [2.45, 2.75) is 45.4 Å². The Morgan fingerprint density at radius 1 is 1.10 bits per heavy atom. The predicted molar refractivity (Wildman–Crippen MR) is 115 cm³/mol. The summed E-state index contributed by atoms with van der Waals surface area (Å²) in [4.78, 5) is 23.6. The average Bonchev–Trinajstić information content (AvgIpc) is 3.30. The Hall–Kier alpha value is -3.22. The Labute approximate surface area is 176 Å². The SMILES string of the molecule is CCc1cccc(CC)c1NC(=O)N1CCC(c2nc(-c3ccccn3)no2)CC1. The van der Waals surface area contributed by atoms with Gasteiger partial charge in [0.05, 0.1) is 0 Å². The van der Waals surface area contributed by atoms with Gasteiger partial charge < -0.3 is 14.7 Å². The molecule has 1 aromatic carbocycles. The lowest BCUT2D eigenvalue weighted by molar-refractivity contribution is 0.187. The minimum absolute atomic E-state index is 0.0382. The fourth-order valence-electron chi connectivity index (χ4n) is 3.92. The minimum atomic E-state index is -0.0382. The normalized spacial score (nSPS) is 14.7. The molecule has 0 saturated carbocycles. The van der Waals surface area contributed by atoms with Gasteiger partial charge in [0.1, 0.15) is 5.69 Å². The fraction of sp³-hybridized carbons (Fsp3) is 0.391. The second-order valence-corrected chi connectivity index (χ2v) is 7.52. The van der Waals surface area contributed by atoms with Crippen molar-refractivity contribution in [2.75, 3.05) is 18.4 Å². The van der Waals surface area contributed by atoms with Gasteiger partial charge in [-0.1, -0.05) is 43.3 Å². The first-order chi connectivity index (χ1) is 14.7. The molecule has 7 heteroatoms. The summed E-state index contributed by atoms with van der Waals surface area (Å²) in [6, 6.07) is 11.8. The van der Waals surface area contributed by atoms with Gasteiger partial charge in [0, 0.05) is 30.9 Å². The summed E-state index contributed by atoms with van der Waals surface area (Å²) in [5, 5.41) is 7.23. The average molecular weight is 406 g/mol. The van der Waals surface area contributed by atoms with E-state index in [0.717, 1.165) is 31.4 Å². The highest BCUT2D eigenvalue weighted by atomic mass is 16.5. The van der Waals surface area contributed by atoms with Crippen molar-refractivity contribution >= 4 is 11.7 Å². The number of carbonyl (C=O) groups is 1. The lowest BCUT2D eigenvalue weighted by atomic mass is 9.97. The zero-order valence-electron chi connectivity index (χ0n) is 17.5. The number of nitrogens with zero attached hydrogens (tertiary/aromatic N) is 4. The van der Waals surface area contributed by atoms with Crippen LogP contribution in [0.15, 0.2) is 47.1 Å². The number of para-hydroxylation sites is 1. The Morgan fingerprint density at radius 3 is 2.47 bits per heavy atom. The number of aromatic nitrogens is 3. The molecule has 0 atom stereocenters. The summed E-state index contributed by atoms with van der Waals surface area (Å²) in [6.45, 7) is 5.54. The van der Waals surface area contributed by atoms with E-state index < -0.39 is 0 Å². The fourth-order valence-corrected chi connectivity index (χ4v) is 3.92. The third-order valence-corrected chi connectivity index (χ3v) is 5.70. The molecule has 7 nitrogen and oxygen atoms in total. The number of rotatable bonds is 5. The van der Waals surface area contributed by atoms with Gasteiger partial charge in [-0.05, 0) is 48.9 Å². The van der Waals surface area contributed by atoms with Gasteiger partial charge >= 0.3 is 6.03 Å². The molecule has 4 rings (SSSR count). The molecular formula is C23H27N5O2. The molecule has 0 unspecified atom stereocenters. The third-order valence-electron chi connectivity index (χ3n) is 5.70. The molecule has 1 saturated heterocycles. The Balaban J connectivity index is 1.38. The van der Waals surface area contributed by atoms with Crippen LogP contribution in [-0.4, -0.2) is 39.1 Å². The molecule has 0 radical (unpaired) electrons. The second kappa shape index (κ2) is 9.07. The molecule has 1 aliphatic heterocycles. The van der Waals surface area contributed by atoms with Crippen LogP contribution in [-0.2, 0) is 12.8 Å². The first-order valence-electron chi connectivity index (χ1n) is 10.6. The van der Waals surface area contributed by atoms with Gasteiger partial charge in [0.25, 0.3) is 0 Å². The standard InChI is InChI=1S/C23H27N5O2/c1-3-16-8-7-9-17(4-2)20(16)25-23(29)28-14-11-18(12-15-28)22-26-21(27-30-22)19-10-5-6-13-24-19/h5-10,13,18H,3-4,11-12,14-15H2,1-2H3,(H,25,29). The summed E-state index contributed by atoms with van der Waals surface area (Å²) >= 11 is 0. The van der Waals surface area contributed by atoms with Crippen molar-refractivity contribution in [1.82, 2.24) is 20.0 Å². The molecule has 1 fully saturated rings. The zero-order chi connectivity index (χ0) is 20.9. The molecular weight excluding hydrogens is 378 g/mol. The first kappa shape index (κ1) is 20.1. The molecule has 156 valence electrons. The van der Waals surface area contributed by atoms with Gasteiger partial charge in [0.15, 0.2) is 0 Å². The largest absolute Gasteiger partial charge is 0.339 e. The van der Waals surface area contributed by atoms with Crippen molar-refractivity contribution in [3.05, 3.63) is 59.6 Å². The van der Waals surface area contributed by atoms with Gasteiger partial charge in [-0.15, -0.1) is 0 Å². The topological polar surface area (TPSA) is 84.2 Å². The number of hydrogen-bond acceptors (Lipinski definition) is 5. The predicted octanol–water partition coefficient (Wildman–Crippen LogP) is 4.67. The number of piperidine rings is 1. The molecule has 0 bridgehead atoms. The maximum absolute atomic E-state index is 12.9. The smallest absolute Gasteiger partial charge is 0.321 e. The van der Waals surface area contributed by atoms with Crippen LogP contribution in [0.25, 0.3) is 11.5 Å². The zero-order valence-corrected chi connectivity index (χ0v) is 17.5. The lowest BCUT2D eigenvalue weighted by Crippen LogP contribution is -2.40. The van der Waals surface area contributed by atoms with E-state index in [1.165, 1.54) is 11.1 Å². The summed E-state index contributed by atoms with van der Waals surface area (Å²) in [6.07, 6.45) is 5.09. The molecule has 0 spiro atoms. The van der Waals surface area contributed by atoms with Crippen LogP contribution in [0.2, 0.25) is 0 Å². The molecule has 3 heterocycles. The lowest BCUT2D eigenvalue weighted by Gasteiger charge is -2.31. The van der Waals surface area contributed by atoms with E-state index in [4.69, 9.17) is 4.52 Å². The van der Waals surface area contributed by atoms with E-state index in [9.17, 15) is 4.79 Å². The summed E-state index contributed by atoms with van der Waals surface area (Å²) in [7, 11) is 0. The number of likely N-dealkylation sites (tertiary alicyclic amines) is 1. The van der Waals surface area contributed by atoms with E-state index in [-0.39, 0.29) is 11.9 Å². The van der Waals surface area contributed by atoms with E-state index in [1.54, 1.807) is 6.20 Å². The van der Waals surface area contributed by atoms with Crippen LogP contribution in [0, 0.1) is 0 Å². The quantitative estimate of drug-likeness (QED) is 0.667. The maximum atomic E-state index is 12.9. The molecule has 2 amide bonds. The molecule has 3 aromatic rings. The highest BCUT2D eigenvalue weighted by molar-refractivity contribution is 5.91. The maximum Gasteiger partial charge on any atom is 0.321 e. The van der Waals surface area contributed by atoms with E-state index in [0.29, 0.717) is 30.5 Å². The number of hydrogen-bond donors (Lipinski definition) is 1. The first-order valence-corrected chi connectivity index (χ1v) is 10.6. The van der Waals surface area contributed by atoms with Crippen LogP contribution in [0.5, 0.6) is 0 Å². The molecule has 0 aliphatic carbocycles. The number of nitrogens with one attached hydrogen (secondary N) is 1. The molecule has 1 aliphatic rings. The van der Waals surface area contributed by atoms with Crippen molar-refractivity contribution < 1.29 is 9.32 Å². The van der Waals surface area contributed by atoms with Crippen LogP contribution in [0.4, 0.5) is 10.5 Å². The highest BCUT2D eigenvalue weighted by Gasteiger charge is 2.28. The van der Waals surface area contributed by atoms with Crippen molar-refractivity contribution in [3.8, 4) is 11.5 Å². The molecule has 1 N–H and O–H groups in total. The van der Waals surface area contributed by atoms with Gasteiger partial charge in [-0.2, -0.15) is 4.98 Å². The van der Waals surface area contributed by atoms with E-state index >= 15 is 0 Å². The summed E-state index contributed by atoms with van der Waals surface area (Å²) in [5.41, 5.74) is 4.01. The number of aryl methyl sites for hydroxylation is 2. The van der Waals surface area contributed by atoms with E-state index in [1.807, 2.05) is 23.1 Å². The number of anilines is 1. The highest BCUT2D eigenvalue weighted by Crippen LogP contribution is 2.29. The summed E-state index contributed by atoms with van der Waals surface area (Å²) in [5.74, 6) is 1.29. The molecule has 30 heavy (non-hydrogen) atoms. The van der Waals surface area contributed by atoms with Gasteiger partial charge in [-0.25, -0.2) is 4.79 Å². The third kappa shape index (κ3) is 4.20. The number of carbonyl (C=O) groups excluding carboxylic acids is 1. The number of benzene rings is 1. The summed E-state index contributed by atoms with van der Waals surface area (Å²) < 4.78 is 5.49. The van der Waals surface area contributed by atoms with Crippen LogP contribution < -0.4 is 5.32 Å². The Bertz CT molecular complexity index is 972. The number of pyridine rings is 1. The monoisotopic (exact) mass is 405 g/mol. The van der Waals surface area contributed by atoms with Gasteiger partial charge in [0.2, 0.25) is 11.7 Å². The van der Waals surface area contributed by atoms with Crippen molar-refractivity contribution in [3.63, 3.8) is 0 Å². The van der Waals surface area contributed by atoms with Crippen molar-refractivity contribution in [2.24, 2.45) is 0 Å². The van der Waals surface area contributed by atoms with Gasteiger partial charge in [-0.3, -0.25) is 4.98 Å². The molecule has 2 aromatic heterocycles. The van der Waals surface area contributed by atoms with Crippen molar-refractivity contribution in [1.29, 1.82) is 0 Å². The van der Waals surface area contributed by atoms with E-state index in [2.05, 4.69) is 52.5 Å². The van der Waals surface area contributed by atoms with Crippen LogP contribution in [0.3, 0.4) is 0 Å². The van der Waals surface area contributed by atoms with Crippen LogP contribution >= 0.6 is 0 Å². The Morgan fingerprint density at radius 2 is 1.83 bits per heavy atom. The second-order valence-electron chi connectivity index (χ2n) is 7.52. The Kier molecular flexibility index (Phi) is 6.07.